The zero-order valence-corrected chi connectivity index (χ0v) is 16.8. The maximum atomic E-state index is 5.34. The third-order valence-corrected chi connectivity index (χ3v) is 4.27. The van der Waals surface area contributed by atoms with E-state index in [-0.39, 0.29) is 24.0 Å². The molecule has 2 aliphatic rings. The van der Waals surface area contributed by atoms with Crippen LogP contribution in [0.1, 0.15) is 39.0 Å². The lowest BCUT2D eigenvalue weighted by molar-refractivity contribution is 0.153. The fourth-order valence-corrected chi connectivity index (χ4v) is 2.96. The monoisotopic (exact) mass is 436 g/mol. The molecule has 0 aliphatic carbocycles. The number of piperidine rings is 1. The van der Waals surface area contributed by atoms with Crippen molar-refractivity contribution in [3.05, 3.63) is 11.6 Å². The van der Waals surface area contributed by atoms with E-state index >= 15 is 0 Å². The van der Waals surface area contributed by atoms with E-state index in [1.807, 2.05) is 0 Å². The Hall–Kier alpha value is -0.340. The van der Waals surface area contributed by atoms with Crippen molar-refractivity contribution in [2.24, 2.45) is 4.99 Å². The molecule has 0 saturated carbocycles. The van der Waals surface area contributed by atoms with Crippen LogP contribution >= 0.6 is 24.0 Å². The van der Waals surface area contributed by atoms with Crippen LogP contribution in [0, 0.1) is 0 Å². The van der Waals surface area contributed by atoms with E-state index in [1.165, 1.54) is 37.9 Å². The summed E-state index contributed by atoms with van der Waals surface area (Å²) in [6.07, 6.45) is 8.46. The van der Waals surface area contributed by atoms with Gasteiger partial charge in [-0.15, -0.1) is 24.0 Å². The SMILES string of the molecule is CCNC(=NCCN1CCCCC1)NCCC1=CCOCC1.I. The van der Waals surface area contributed by atoms with Gasteiger partial charge in [0.2, 0.25) is 0 Å². The zero-order valence-electron chi connectivity index (χ0n) is 14.5. The first-order valence-corrected chi connectivity index (χ1v) is 8.88. The van der Waals surface area contributed by atoms with Crippen molar-refractivity contribution < 1.29 is 4.74 Å². The summed E-state index contributed by atoms with van der Waals surface area (Å²) in [6, 6.07) is 0. The van der Waals surface area contributed by atoms with E-state index in [1.54, 1.807) is 0 Å². The van der Waals surface area contributed by atoms with Crippen LogP contribution in [0.3, 0.4) is 0 Å². The van der Waals surface area contributed by atoms with Crippen LogP contribution in [0.15, 0.2) is 16.6 Å². The highest BCUT2D eigenvalue weighted by atomic mass is 127. The molecule has 0 spiro atoms. The molecule has 1 fully saturated rings. The quantitative estimate of drug-likeness (QED) is 0.279. The van der Waals surface area contributed by atoms with E-state index in [0.29, 0.717) is 0 Å². The molecule has 0 amide bonds. The maximum absolute atomic E-state index is 5.34. The van der Waals surface area contributed by atoms with Crippen molar-refractivity contribution in [1.82, 2.24) is 15.5 Å². The molecule has 2 N–H and O–H groups in total. The second-order valence-corrected chi connectivity index (χ2v) is 6.03. The molecule has 2 heterocycles. The Balaban J connectivity index is 0.00000264. The van der Waals surface area contributed by atoms with Gasteiger partial charge < -0.3 is 20.3 Å². The number of nitrogens with one attached hydrogen (secondary N) is 2. The number of hydrogen-bond acceptors (Lipinski definition) is 3. The first kappa shape index (κ1) is 20.7. The van der Waals surface area contributed by atoms with Crippen LogP contribution in [0.5, 0.6) is 0 Å². The molecule has 2 rings (SSSR count). The highest BCUT2D eigenvalue weighted by molar-refractivity contribution is 14.0. The summed E-state index contributed by atoms with van der Waals surface area (Å²) in [6.45, 7) is 10.1. The van der Waals surface area contributed by atoms with Crippen LogP contribution in [0.4, 0.5) is 0 Å². The van der Waals surface area contributed by atoms with Gasteiger partial charge in [0.25, 0.3) is 0 Å². The molecule has 134 valence electrons. The predicted molar refractivity (Wildman–Crippen MR) is 108 cm³/mol. The number of hydrogen-bond donors (Lipinski definition) is 2. The van der Waals surface area contributed by atoms with Crippen LogP contribution < -0.4 is 10.6 Å². The molecular weight excluding hydrogens is 403 g/mol. The Kier molecular flexibility index (Phi) is 11.7. The molecule has 0 aromatic carbocycles. The average Bonchev–Trinajstić information content (AvgIpc) is 2.57. The van der Waals surface area contributed by atoms with Crippen molar-refractivity contribution in [3.63, 3.8) is 0 Å². The molecule has 5 nitrogen and oxygen atoms in total. The smallest absolute Gasteiger partial charge is 0.191 e. The van der Waals surface area contributed by atoms with Crippen LogP contribution in [-0.2, 0) is 4.74 Å². The zero-order chi connectivity index (χ0) is 15.5. The lowest BCUT2D eigenvalue weighted by Gasteiger charge is -2.25. The summed E-state index contributed by atoms with van der Waals surface area (Å²) >= 11 is 0. The van der Waals surface area contributed by atoms with Gasteiger partial charge in [-0.3, -0.25) is 4.99 Å². The number of likely N-dealkylation sites (tertiary alicyclic amines) is 1. The normalized spacial score (nSPS) is 19.7. The Morgan fingerprint density at radius 1 is 1.26 bits per heavy atom. The molecule has 23 heavy (non-hydrogen) atoms. The fraction of sp³-hybridized carbons (Fsp3) is 0.824. The minimum atomic E-state index is 0. The summed E-state index contributed by atoms with van der Waals surface area (Å²) in [5, 5.41) is 6.78. The van der Waals surface area contributed by atoms with Gasteiger partial charge in [-0.05, 0) is 45.7 Å². The third-order valence-electron chi connectivity index (χ3n) is 4.27. The molecule has 0 radical (unpaired) electrons. The predicted octanol–water partition coefficient (Wildman–Crippen LogP) is 2.38. The summed E-state index contributed by atoms with van der Waals surface area (Å²) < 4.78 is 5.34. The van der Waals surface area contributed by atoms with Gasteiger partial charge in [-0.2, -0.15) is 0 Å². The second-order valence-electron chi connectivity index (χ2n) is 6.03. The summed E-state index contributed by atoms with van der Waals surface area (Å²) in [5.41, 5.74) is 1.50. The Morgan fingerprint density at radius 3 is 2.78 bits per heavy atom. The lowest BCUT2D eigenvalue weighted by atomic mass is 10.1. The van der Waals surface area contributed by atoms with Gasteiger partial charge >= 0.3 is 0 Å². The summed E-state index contributed by atoms with van der Waals surface area (Å²) in [5.74, 6) is 0.951. The molecule has 0 unspecified atom stereocenters. The largest absolute Gasteiger partial charge is 0.377 e. The van der Waals surface area contributed by atoms with E-state index in [0.717, 1.165) is 58.2 Å². The minimum absolute atomic E-state index is 0. The van der Waals surface area contributed by atoms with Crippen LogP contribution in [-0.4, -0.2) is 63.3 Å². The van der Waals surface area contributed by atoms with Gasteiger partial charge in [-0.1, -0.05) is 18.1 Å². The first-order valence-electron chi connectivity index (χ1n) is 8.88. The number of aliphatic imine (C=N–C) groups is 1. The molecular formula is C17H33IN4O. The van der Waals surface area contributed by atoms with Gasteiger partial charge in [0.05, 0.1) is 19.8 Å². The van der Waals surface area contributed by atoms with Gasteiger partial charge in [0.1, 0.15) is 0 Å². The maximum Gasteiger partial charge on any atom is 0.191 e. The van der Waals surface area contributed by atoms with E-state index in [9.17, 15) is 0 Å². The molecule has 1 saturated heterocycles. The van der Waals surface area contributed by atoms with E-state index in [2.05, 4.69) is 28.5 Å². The number of rotatable bonds is 7. The van der Waals surface area contributed by atoms with Crippen molar-refractivity contribution >= 4 is 29.9 Å². The first-order chi connectivity index (χ1) is 10.9. The van der Waals surface area contributed by atoms with E-state index in [4.69, 9.17) is 9.73 Å². The molecule has 0 bridgehead atoms. The molecule has 6 heteroatoms. The van der Waals surface area contributed by atoms with Crippen LogP contribution in [0.25, 0.3) is 0 Å². The van der Waals surface area contributed by atoms with Crippen LogP contribution in [0.2, 0.25) is 0 Å². The Bertz CT molecular complexity index is 368. The van der Waals surface area contributed by atoms with Gasteiger partial charge in [0, 0.05) is 19.6 Å². The Morgan fingerprint density at radius 2 is 2.09 bits per heavy atom. The fourth-order valence-electron chi connectivity index (χ4n) is 2.96. The highest BCUT2D eigenvalue weighted by Crippen LogP contribution is 2.10. The highest BCUT2D eigenvalue weighted by Gasteiger charge is 2.09. The topological polar surface area (TPSA) is 48.9 Å². The second kappa shape index (κ2) is 13.0. The third kappa shape index (κ3) is 8.91. The summed E-state index contributed by atoms with van der Waals surface area (Å²) in [4.78, 5) is 7.23. The van der Waals surface area contributed by atoms with Crippen molar-refractivity contribution in [3.8, 4) is 0 Å². The molecule has 0 aromatic rings. The minimum Gasteiger partial charge on any atom is -0.377 e. The number of guanidine groups is 1. The molecule has 2 aliphatic heterocycles. The lowest BCUT2D eigenvalue weighted by Crippen LogP contribution is -2.39. The molecule has 0 aromatic heterocycles. The number of halogens is 1. The average molecular weight is 436 g/mol. The summed E-state index contributed by atoms with van der Waals surface area (Å²) in [7, 11) is 0. The van der Waals surface area contributed by atoms with E-state index < -0.39 is 0 Å². The number of nitrogens with zero attached hydrogens (tertiary/aromatic N) is 2. The number of ether oxygens (including phenoxy) is 1. The van der Waals surface area contributed by atoms with Crippen molar-refractivity contribution in [2.45, 2.75) is 39.0 Å². The standard InChI is InChI=1S/C17H32N4O.HI/c1-2-18-17(19-9-6-16-7-14-22-15-8-16)20-10-13-21-11-4-3-5-12-21;/h7H,2-6,8-15H2,1H3,(H2,18,19,20);1H. The van der Waals surface area contributed by atoms with Crippen molar-refractivity contribution in [1.29, 1.82) is 0 Å². The Labute approximate surface area is 158 Å². The molecule has 0 atom stereocenters. The van der Waals surface area contributed by atoms with Gasteiger partial charge in [-0.25, -0.2) is 0 Å². The van der Waals surface area contributed by atoms with Crippen molar-refractivity contribution in [2.75, 3.05) is 52.5 Å². The van der Waals surface area contributed by atoms with Gasteiger partial charge in [0.15, 0.2) is 5.96 Å².